The quantitative estimate of drug-likeness (QED) is 0.543. The number of nitrogens with zero attached hydrogens (tertiary/aromatic N) is 3. The van der Waals surface area contributed by atoms with Crippen LogP contribution in [0.1, 0.15) is 55.7 Å². The average molecular weight is 413 g/mol. The van der Waals surface area contributed by atoms with E-state index in [1.54, 1.807) is 7.05 Å². The fourth-order valence-electron chi connectivity index (χ4n) is 4.61. The van der Waals surface area contributed by atoms with E-state index in [9.17, 15) is 28.1 Å². The maximum Gasteiger partial charge on any atom is 0.416 e. The van der Waals surface area contributed by atoms with Crippen molar-refractivity contribution >= 4 is 5.91 Å². The molecule has 3 atom stereocenters. The molecule has 0 bridgehead atoms. The first-order valence-corrected chi connectivity index (χ1v) is 10.0. The van der Waals surface area contributed by atoms with Gasteiger partial charge in [0.25, 0.3) is 0 Å². The largest absolute Gasteiger partial charge is 0.416 e. The van der Waals surface area contributed by atoms with Gasteiger partial charge >= 0.3 is 18.1 Å². The normalized spacial score (nSPS) is 24.3. The zero-order valence-electron chi connectivity index (χ0n) is 16.4. The lowest BCUT2D eigenvalue weighted by molar-refractivity contribution is -0.515. The zero-order chi connectivity index (χ0) is 21.2. The van der Waals surface area contributed by atoms with Crippen LogP contribution in [0.25, 0.3) is 0 Å². The van der Waals surface area contributed by atoms with Crippen LogP contribution in [0, 0.1) is 10.1 Å². The van der Waals surface area contributed by atoms with Crippen LogP contribution in [0.5, 0.6) is 0 Å². The number of amides is 1. The predicted molar refractivity (Wildman–Crippen MR) is 101 cm³/mol. The van der Waals surface area contributed by atoms with Crippen LogP contribution in [0.2, 0.25) is 0 Å². The van der Waals surface area contributed by atoms with Gasteiger partial charge in [0.15, 0.2) is 0 Å². The first kappa shape index (κ1) is 21.5. The number of hydrogen-bond acceptors (Lipinski definition) is 4. The molecular weight excluding hydrogens is 387 g/mol. The Kier molecular flexibility index (Phi) is 6.45. The van der Waals surface area contributed by atoms with E-state index in [0.29, 0.717) is 0 Å². The molecule has 9 heteroatoms. The molecule has 1 heterocycles. The number of halogens is 3. The van der Waals surface area contributed by atoms with Crippen molar-refractivity contribution in [3.8, 4) is 0 Å². The highest BCUT2D eigenvalue weighted by molar-refractivity contribution is 5.82. The summed E-state index contributed by atoms with van der Waals surface area (Å²) in [5.41, 5.74) is -0.932. The molecule has 1 saturated carbocycles. The smallest absolute Gasteiger partial charge is 0.335 e. The second-order valence-electron chi connectivity index (χ2n) is 7.92. The Hall–Kier alpha value is -2.16. The van der Waals surface area contributed by atoms with Gasteiger partial charge < -0.3 is 4.90 Å². The first-order valence-electron chi connectivity index (χ1n) is 10.0. The summed E-state index contributed by atoms with van der Waals surface area (Å²) < 4.78 is 38.4. The van der Waals surface area contributed by atoms with E-state index in [1.165, 1.54) is 4.90 Å². The molecule has 1 aliphatic carbocycles. The van der Waals surface area contributed by atoms with Crippen LogP contribution >= 0.6 is 0 Å². The summed E-state index contributed by atoms with van der Waals surface area (Å²) in [4.78, 5) is 27.9. The van der Waals surface area contributed by atoms with Crippen LogP contribution in [-0.2, 0) is 11.0 Å². The molecule has 0 spiro atoms. The third kappa shape index (κ3) is 4.71. The highest BCUT2D eigenvalue weighted by Gasteiger charge is 2.42. The molecule has 1 saturated heterocycles. The van der Waals surface area contributed by atoms with E-state index < -0.39 is 28.6 Å². The van der Waals surface area contributed by atoms with Gasteiger partial charge in [-0.3, -0.25) is 19.8 Å². The van der Waals surface area contributed by atoms with Crippen LogP contribution in [-0.4, -0.2) is 52.9 Å². The van der Waals surface area contributed by atoms with Crippen molar-refractivity contribution in [1.29, 1.82) is 0 Å². The fourth-order valence-corrected chi connectivity index (χ4v) is 4.61. The summed E-state index contributed by atoms with van der Waals surface area (Å²) in [5.74, 6) is -0.675. The van der Waals surface area contributed by atoms with Gasteiger partial charge in [0.05, 0.1) is 5.56 Å². The molecule has 160 valence electrons. The Morgan fingerprint density at radius 2 is 1.72 bits per heavy atom. The number of likely N-dealkylation sites (tertiary alicyclic amines) is 1. The third-order valence-electron chi connectivity index (χ3n) is 6.15. The van der Waals surface area contributed by atoms with Gasteiger partial charge in [-0.05, 0) is 50.9 Å². The Bertz CT molecular complexity index is 733. The molecule has 29 heavy (non-hydrogen) atoms. The molecule has 1 unspecified atom stereocenters. The van der Waals surface area contributed by atoms with Gasteiger partial charge in [-0.15, -0.1) is 0 Å². The van der Waals surface area contributed by atoms with E-state index in [1.807, 2.05) is 0 Å². The highest BCUT2D eigenvalue weighted by Crippen LogP contribution is 2.33. The molecule has 2 fully saturated rings. The van der Waals surface area contributed by atoms with E-state index in [2.05, 4.69) is 4.90 Å². The number of nitro groups is 1. The van der Waals surface area contributed by atoms with Gasteiger partial charge in [0.2, 0.25) is 0 Å². The van der Waals surface area contributed by atoms with Crippen LogP contribution in [0.4, 0.5) is 13.2 Å². The fraction of sp³-hybridized carbons (Fsp3) is 0.650. The van der Waals surface area contributed by atoms with Crippen LogP contribution in [0.3, 0.4) is 0 Å². The molecule has 0 radical (unpaired) electrons. The lowest BCUT2D eigenvalue weighted by Gasteiger charge is -2.42. The maximum absolute atomic E-state index is 13.1. The molecule has 1 aromatic carbocycles. The number of carbonyl (C=O) groups is 1. The Morgan fingerprint density at radius 1 is 1.14 bits per heavy atom. The van der Waals surface area contributed by atoms with Crippen molar-refractivity contribution in [2.24, 2.45) is 0 Å². The van der Waals surface area contributed by atoms with Gasteiger partial charge in [0.1, 0.15) is 0 Å². The molecule has 2 aliphatic rings. The molecule has 0 aromatic heterocycles. The second kappa shape index (κ2) is 8.69. The summed E-state index contributed by atoms with van der Waals surface area (Å²) in [6, 6.07) is 1.98. The van der Waals surface area contributed by atoms with Crippen molar-refractivity contribution in [3.05, 3.63) is 45.5 Å². The summed E-state index contributed by atoms with van der Waals surface area (Å²) in [6.45, 7) is 1.95. The number of benzene rings is 1. The molecule has 1 amide bonds. The van der Waals surface area contributed by atoms with Gasteiger partial charge in [-0.25, -0.2) is 0 Å². The SMILES string of the molecule is CN(C(=O)C(c1ccc(C(F)(F)F)cc1)[N+](=O)[O-])[C@@H]1CCCC[C@H]1N1CCCC1. The van der Waals surface area contributed by atoms with Gasteiger partial charge in [-0.1, -0.05) is 25.0 Å². The number of rotatable bonds is 5. The number of hydrogen-bond donors (Lipinski definition) is 0. The van der Waals surface area contributed by atoms with Crippen LogP contribution in [0.15, 0.2) is 24.3 Å². The van der Waals surface area contributed by atoms with E-state index in [-0.39, 0.29) is 17.6 Å². The Balaban J connectivity index is 1.81. The predicted octanol–water partition coefficient (Wildman–Crippen LogP) is 3.89. The van der Waals surface area contributed by atoms with Crippen molar-refractivity contribution < 1.29 is 22.9 Å². The summed E-state index contributed by atoms with van der Waals surface area (Å²) in [7, 11) is 1.59. The maximum atomic E-state index is 13.1. The van der Waals surface area contributed by atoms with Crippen molar-refractivity contribution in [3.63, 3.8) is 0 Å². The summed E-state index contributed by atoms with van der Waals surface area (Å²) >= 11 is 0. The number of carbonyl (C=O) groups excluding carboxylic acids is 1. The summed E-state index contributed by atoms with van der Waals surface area (Å²) in [5, 5.41) is 11.7. The Labute approximate surface area is 167 Å². The number of alkyl halides is 3. The molecule has 0 N–H and O–H groups in total. The minimum atomic E-state index is -4.53. The highest BCUT2D eigenvalue weighted by atomic mass is 19.4. The van der Waals surface area contributed by atoms with E-state index in [4.69, 9.17) is 0 Å². The number of likely N-dealkylation sites (N-methyl/N-ethyl adjacent to an activating group) is 1. The van der Waals surface area contributed by atoms with Crippen LogP contribution < -0.4 is 0 Å². The van der Waals surface area contributed by atoms with E-state index in [0.717, 1.165) is 75.9 Å². The molecule has 6 nitrogen and oxygen atoms in total. The first-order chi connectivity index (χ1) is 13.7. The minimum absolute atomic E-state index is 0.0339. The topological polar surface area (TPSA) is 66.7 Å². The van der Waals surface area contributed by atoms with Gasteiger partial charge in [0, 0.05) is 29.6 Å². The zero-order valence-corrected chi connectivity index (χ0v) is 16.4. The van der Waals surface area contributed by atoms with Gasteiger partial charge in [-0.2, -0.15) is 13.2 Å². The van der Waals surface area contributed by atoms with Crippen molar-refractivity contribution in [2.75, 3.05) is 20.1 Å². The second-order valence-corrected chi connectivity index (χ2v) is 7.92. The lowest BCUT2D eigenvalue weighted by atomic mass is 9.87. The monoisotopic (exact) mass is 413 g/mol. The summed E-state index contributed by atoms with van der Waals surface area (Å²) in [6.07, 6.45) is 1.45. The molecular formula is C20H26F3N3O3. The third-order valence-corrected chi connectivity index (χ3v) is 6.15. The molecule has 1 aromatic rings. The van der Waals surface area contributed by atoms with Crippen molar-refractivity contribution in [1.82, 2.24) is 9.80 Å². The molecule has 1 aliphatic heterocycles. The average Bonchev–Trinajstić information content (AvgIpc) is 3.21. The minimum Gasteiger partial charge on any atom is -0.335 e. The lowest BCUT2D eigenvalue weighted by Crippen LogP contribution is -2.54. The molecule has 3 rings (SSSR count). The van der Waals surface area contributed by atoms with Crippen molar-refractivity contribution in [2.45, 2.75) is 62.8 Å². The van der Waals surface area contributed by atoms with E-state index >= 15 is 0 Å². The Morgan fingerprint density at radius 3 is 2.28 bits per heavy atom. The standard InChI is InChI=1S/C20H26F3N3O3/c1-24(16-6-2-3-7-17(16)25-12-4-5-13-25)19(27)18(26(28)29)14-8-10-15(11-9-14)20(21,22)23/h8-11,16-18H,2-7,12-13H2,1H3/t16-,17-,18?/m1/s1.